The van der Waals surface area contributed by atoms with E-state index in [1.807, 2.05) is 12.1 Å². The van der Waals surface area contributed by atoms with Crippen LogP contribution in [0.1, 0.15) is 37.6 Å². The summed E-state index contributed by atoms with van der Waals surface area (Å²) in [6.07, 6.45) is 2.19. The Balaban J connectivity index is 2.49. The van der Waals surface area contributed by atoms with Crippen molar-refractivity contribution in [2.75, 3.05) is 6.54 Å². The van der Waals surface area contributed by atoms with Crippen molar-refractivity contribution in [3.05, 3.63) is 32.6 Å². The summed E-state index contributed by atoms with van der Waals surface area (Å²) >= 11 is 14.5. The molecule has 1 heterocycles. The van der Waals surface area contributed by atoms with Gasteiger partial charge in [0.2, 0.25) is 0 Å². The highest BCUT2D eigenvalue weighted by Gasteiger charge is 2.17. The third-order valence-corrected chi connectivity index (χ3v) is 5.25. The van der Waals surface area contributed by atoms with E-state index in [2.05, 4.69) is 26.1 Å². The van der Waals surface area contributed by atoms with E-state index in [9.17, 15) is 0 Å². The summed E-state index contributed by atoms with van der Waals surface area (Å²) in [5.74, 6) is 0.604. The van der Waals surface area contributed by atoms with Gasteiger partial charge in [0.05, 0.1) is 9.72 Å². The first kappa shape index (κ1) is 16.1. The summed E-state index contributed by atoms with van der Waals surface area (Å²) < 4.78 is 1.13. The number of hydrogen-bond acceptors (Lipinski definition) is 2. The smallest absolute Gasteiger partial charge is 0.0585 e. The minimum absolute atomic E-state index is 0.604. The van der Waals surface area contributed by atoms with Gasteiger partial charge in [0.1, 0.15) is 0 Å². The van der Waals surface area contributed by atoms with Gasteiger partial charge in [-0.2, -0.15) is 0 Å². The lowest BCUT2D eigenvalue weighted by molar-refractivity contribution is 0.636. The number of benzene rings is 1. The lowest BCUT2D eigenvalue weighted by Crippen LogP contribution is -2.14. The van der Waals surface area contributed by atoms with Crippen molar-refractivity contribution >= 4 is 44.6 Å². The molecule has 0 unspecified atom stereocenters. The molecular weight excluding hydrogens is 309 g/mol. The second-order valence-corrected chi connectivity index (χ2v) is 7.43. The van der Waals surface area contributed by atoms with Crippen LogP contribution >= 0.6 is 34.5 Å². The monoisotopic (exact) mass is 329 g/mol. The van der Waals surface area contributed by atoms with Gasteiger partial charge in [-0.15, -0.1) is 11.3 Å². The summed E-state index contributed by atoms with van der Waals surface area (Å²) in [4.78, 5) is 1.37. The number of nitrogens with one attached hydrogen (secondary N) is 1. The molecule has 0 atom stereocenters. The molecule has 0 aliphatic carbocycles. The molecule has 0 fully saturated rings. The molecule has 0 amide bonds. The van der Waals surface area contributed by atoms with E-state index in [1.165, 1.54) is 10.4 Å². The predicted molar refractivity (Wildman–Crippen MR) is 92.4 cm³/mol. The van der Waals surface area contributed by atoms with Gasteiger partial charge in [0.15, 0.2) is 0 Å². The van der Waals surface area contributed by atoms with Gasteiger partial charge in [0.25, 0.3) is 0 Å². The van der Waals surface area contributed by atoms with E-state index in [0.717, 1.165) is 46.1 Å². The van der Waals surface area contributed by atoms with E-state index in [-0.39, 0.29) is 0 Å². The van der Waals surface area contributed by atoms with E-state index < -0.39 is 0 Å². The Kier molecular flexibility index (Phi) is 5.74. The van der Waals surface area contributed by atoms with Gasteiger partial charge >= 0.3 is 0 Å². The molecule has 0 aliphatic heterocycles. The zero-order valence-corrected chi connectivity index (χ0v) is 14.6. The van der Waals surface area contributed by atoms with E-state index >= 15 is 0 Å². The molecule has 1 aromatic carbocycles. The zero-order valence-electron chi connectivity index (χ0n) is 12.2. The molecule has 2 rings (SSSR count). The van der Waals surface area contributed by atoms with Crippen LogP contribution in [0.4, 0.5) is 0 Å². The van der Waals surface area contributed by atoms with Crippen LogP contribution in [0.15, 0.2) is 12.1 Å². The molecular formula is C16H21Cl2NS. The van der Waals surface area contributed by atoms with Crippen molar-refractivity contribution in [3.8, 4) is 0 Å². The molecule has 110 valence electrons. The fourth-order valence-corrected chi connectivity index (χ4v) is 4.21. The second-order valence-electron chi connectivity index (χ2n) is 5.51. The quantitative estimate of drug-likeness (QED) is 0.650. The molecule has 0 aliphatic rings. The van der Waals surface area contributed by atoms with Gasteiger partial charge in [-0.1, -0.05) is 44.0 Å². The highest BCUT2D eigenvalue weighted by atomic mass is 35.5. The maximum atomic E-state index is 6.42. The zero-order chi connectivity index (χ0) is 14.7. The van der Waals surface area contributed by atoms with Crippen LogP contribution in [-0.4, -0.2) is 6.54 Å². The van der Waals surface area contributed by atoms with Crippen molar-refractivity contribution in [1.29, 1.82) is 0 Å². The molecule has 0 saturated heterocycles. The van der Waals surface area contributed by atoms with Gasteiger partial charge in [-0.25, -0.2) is 0 Å². The molecule has 1 aromatic heterocycles. The Morgan fingerprint density at radius 1 is 1.20 bits per heavy atom. The third-order valence-electron chi connectivity index (χ3n) is 3.25. The molecule has 0 bridgehead atoms. The number of halogens is 2. The van der Waals surface area contributed by atoms with Gasteiger partial charge in [-0.3, -0.25) is 0 Å². The highest BCUT2D eigenvalue weighted by molar-refractivity contribution is 7.20. The minimum Gasteiger partial charge on any atom is -0.312 e. The Morgan fingerprint density at radius 2 is 1.90 bits per heavy atom. The molecule has 0 spiro atoms. The Hall–Kier alpha value is -0.280. The van der Waals surface area contributed by atoms with Crippen molar-refractivity contribution in [1.82, 2.24) is 5.32 Å². The van der Waals surface area contributed by atoms with Gasteiger partial charge in [-0.05, 0) is 43.0 Å². The number of fused-ring (bicyclic) bond motifs is 1. The lowest BCUT2D eigenvalue weighted by atomic mass is 10.00. The first-order chi connectivity index (χ1) is 9.54. The lowest BCUT2D eigenvalue weighted by Gasteiger charge is -2.09. The normalized spacial score (nSPS) is 11.7. The first-order valence-corrected chi connectivity index (χ1v) is 8.70. The molecule has 2 aromatic rings. The molecule has 4 heteroatoms. The topological polar surface area (TPSA) is 12.0 Å². The fraction of sp³-hybridized carbons (Fsp3) is 0.500. The number of hydrogen-bond donors (Lipinski definition) is 1. The molecule has 1 nitrogen and oxygen atoms in total. The van der Waals surface area contributed by atoms with Crippen LogP contribution in [0.2, 0.25) is 10.0 Å². The van der Waals surface area contributed by atoms with Crippen molar-refractivity contribution in [2.45, 2.75) is 40.2 Å². The van der Waals surface area contributed by atoms with Crippen LogP contribution in [0.5, 0.6) is 0 Å². The van der Waals surface area contributed by atoms with Crippen molar-refractivity contribution < 1.29 is 0 Å². The van der Waals surface area contributed by atoms with Crippen LogP contribution in [0.25, 0.3) is 10.1 Å². The first-order valence-electron chi connectivity index (χ1n) is 7.13. The van der Waals surface area contributed by atoms with E-state index in [1.54, 1.807) is 11.3 Å². The second kappa shape index (κ2) is 7.13. The standard InChI is InChI=1S/C16H21Cl2NS/c1-4-7-19-9-14-11(8-10(2)3)15-12(17)5-6-13(18)16(15)20-14/h5-6,10,19H,4,7-9H2,1-3H3. The highest BCUT2D eigenvalue weighted by Crippen LogP contribution is 2.41. The van der Waals surface area contributed by atoms with Crippen LogP contribution in [0, 0.1) is 5.92 Å². The van der Waals surface area contributed by atoms with Crippen LogP contribution in [-0.2, 0) is 13.0 Å². The SMILES string of the molecule is CCCNCc1sc2c(Cl)ccc(Cl)c2c1CC(C)C. The van der Waals surface area contributed by atoms with Crippen molar-refractivity contribution in [3.63, 3.8) is 0 Å². The molecule has 20 heavy (non-hydrogen) atoms. The average Bonchev–Trinajstić information content (AvgIpc) is 2.74. The van der Waals surface area contributed by atoms with Gasteiger partial charge in [0, 0.05) is 21.8 Å². The molecule has 0 radical (unpaired) electrons. The molecule has 0 saturated carbocycles. The molecule has 1 N–H and O–H groups in total. The minimum atomic E-state index is 0.604. The summed E-state index contributed by atoms with van der Waals surface area (Å²) in [7, 11) is 0. The van der Waals surface area contributed by atoms with Crippen LogP contribution in [0.3, 0.4) is 0 Å². The average molecular weight is 330 g/mol. The maximum Gasteiger partial charge on any atom is 0.0585 e. The Labute approximate surface area is 135 Å². The van der Waals surface area contributed by atoms with Crippen LogP contribution < -0.4 is 5.32 Å². The Morgan fingerprint density at radius 3 is 2.55 bits per heavy atom. The summed E-state index contributed by atoms with van der Waals surface area (Å²) in [6.45, 7) is 8.61. The predicted octanol–water partition coefficient (Wildman–Crippen LogP) is 5.91. The summed E-state index contributed by atoms with van der Waals surface area (Å²) in [6, 6.07) is 3.80. The van der Waals surface area contributed by atoms with E-state index in [4.69, 9.17) is 23.2 Å². The number of rotatable bonds is 6. The van der Waals surface area contributed by atoms with Gasteiger partial charge < -0.3 is 5.32 Å². The summed E-state index contributed by atoms with van der Waals surface area (Å²) in [5.41, 5.74) is 1.37. The largest absolute Gasteiger partial charge is 0.312 e. The number of thiophene rings is 1. The fourth-order valence-electron chi connectivity index (χ4n) is 2.38. The van der Waals surface area contributed by atoms with E-state index in [0.29, 0.717) is 5.92 Å². The Bertz CT molecular complexity index is 590. The maximum absolute atomic E-state index is 6.42. The van der Waals surface area contributed by atoms with Crippen molar-refractivity contribution in [2.24, 2.45) is 5.92 Å². The summed E-state index contributed by atoms with van der Waals surface area (Å²) in [5, 5.41) is 6.27. The third kappa shape index (κ3) is 3.48.